The van der Waals surface area contributed by atoms with Crippen LogP contribution in [0.3, 0.4) is 0 Å². The van der Waals surface area contributed by atoms with Gasteiger partial charge in [0, 0.05) is 47.0 Å². The van der Waals surface area contributed by atoms with Gasteiger partial charge in [-0.15, -0.1) is 0 Å². The molecule has 0 fully saturated rings. The molecule has 0 aliphatic carbocycles. The number of anilines is 1. The highest BCUT2D eigenvalue weighted by molar-refractivity contribution is 5.92. The zero-order valence-corrected chi connectivity index (χ0v) is 10.5. The van der Waals surface area contributed by atoms with Crippen LogP contribution in [0.4, 0.5) is 5.69 Å². The fourth-order valence-corrected chi connectivity index (χ4v) is 2.12. The molecule has 94 valence electrons. The minimum atomic E-state index is 0.677. The molecular formula is C15H13N3O. The summed E-state index contributed by atoms with van der Waals surface area (Å²) in [6.07, 6.45) is 7.01. The lowest BCUT2D eigenvalue weighted by Gasteiger charge is -2.11. The predicted octanol–water partition coefficient (Wildman–Crippen LogP) is 2.89. The first-order valence-corrected chi connectivity index (χ1v) is 5.91. The Labute approximate surface area is 110 Å². The fourth-order valence-electron chi connectivity index (χ4n) is 2.12. The maximum absolute atomic E-state index is 6.01. The number of benzene rings is 1. The Kier molecular flexibility index (Phi) is 2.76. The zero-order valence-electron chi connectivity index (χ0n) is 10.5. The lowest BCUT2D eigenvalue weighted by atomic mass is 10.0. The Morgan fingerprint density at radius 3 is 2.53 bits per heavy atom. The number of rotatable bonds is 2. The Bertz CT molecular complexity index is 740. The number of hydrogen-bond acceptors (Lipinski definition) is 4. The second kappa shape index (κ2) is 4.57. The molecule has 4 heteroatoms. The Morgan fingerprint density at radius 1 is 0.947 bits per heavy atom. The summed E-state index contributed by atoms with van der Waals surface area (Å²) >= 11 is 0. The summed E-state index contributed by atoms with van der Waals surface area (Å²) in [6, 6.07) is 7.74. The van der Waals surface area contributed by atoms with Gasteiger partial charge in [-0.05, 0) is 29.7 Å². The van der Waals surface area contributed by atoms with Crippen molar-refractivity contribution in [3.8, 4) is 16.9 Å². The number of ether oxygens (including phenoxy) is 1. The molecule has 0 aliphatic heterocycles. The number of methoxy groups -OCH3 is 1. The Morgan fingerprint density at radius 2 is 1.74 bits per heavy atom. The third-order valence-corrected chi connectivity index (χ3v) is 3.10. The van der Waals surface area contributed by atoms with Gasteiger partial charge in [0.2, 0.25) is 0 Å². The zero-order chi connectivity index (χ0) is 13.2. The van der Waals surface area contributed by atoms with E-state index in [0.29, 0.717) is 5.69 Å². The maximum atomic E-state index is 6.01. The van der Waals surface area contributed by atoms with Gasteiger partial charge >= 0.3 is 0 Å². The topological polar surface area (TPSA) is 61.0 Å². The van der Waals surface area contributed by atoms with Crippen LogP contribution in [0.25, 0.3) is 21.9 Å². The van der Waals surface area contributed by atoms with E-state index in [-0.39, 0.29) is 0 Å². The number of nitrogens with two attached hydrogens (primary N) is 1. The number of aromatic nitrogens is 2. The van der Waals surface area contributed by atoms with E-state index in [0.717, 1.165) is 27.6 Å². The van der Waals surface area contributed by atoms with Crippen LogP contribution in [0.2, 0.25) is 0 Å². The van der Waals surface area contributed by atoms with Gasteiger partial charge in [-0.3, -0.25) is 9.97 Å². The summed E-state index contributed by atoms with van der Waals surface area (Å²) in [5, 5.41) is 2.12. The Hall–Kier alpha value is -2.62. The molecule has 0 spiro atoms. The van der Waals surface area contributed by atoms with E-state index in [2.05, 4.69) is 9.97 Å². The molecule has 0 bridgehead atoms. The van der Waals surface area contributed by atoms with Crippen molar-refractivity contribution in [1.29, 1.82) is 0 Å². The van der Waals surface area contributed by atoms with Crippen molar-refractivity contribution in [2.24, 2.45) is 0 Å². The molecule has 0 amide bonds. The molecule has 0 unspecified atom stereocenters. The van der Waals surface area contributed by atoms with Crippen LogP contribution in [0.1, 0.15) is 0 Å². The van der Waals surface area contributed by atoms with Crippen LogP contribution in [0.15, 0.2) is 49.1 Å². The molecule has 2 heterocycles. The lowest BCUT2D eigenvalue weighted by molar-refractivity contribution is 0.417. The number of fused-ring (bicyclic) bond motifs is 1. The monoisotopic (exact) mass is 251 g/mol. The molecule has 19 heavy (non-hydrogen) atoms. The van der Waals surface area contributed by atoms with Crippen molar-refractivity contribution < 1.29 is 4.74 Å². The van der Waals surface area contributed by atoms with Gasteiger partial charge in [0.15, 0.2) is 0 Å². The summed E-state index contributed by atoms with van der Waals surface area (Å²) in [4.78, 5) is 8.26. The molecule has 0 radical (unpaired) electrons. The average molecular weight is 251 g/mol. The summed E-state index contributed by atoms with van der Waals surface area (Å²) < 4.78 is 5.46. The van der Waals surface area contributed by atoms with Gasteiger partial charge < -0.3 is 10.5 Å². The highest BCUT2D eigenvalue weighted by Crippen LogP contribution is 2.36. The second-order valence-corrected chi connectivity index (χ2v) is 4.24. The predicted molar refractivity (Wildman–Crippen MR) is 75.9 cm³/mol. The van der Waals surface area contributed by atoms with Gasteiger partial charge in [-0.25, -0.2) is 0 Å². The first kappa shape index (κ1) is 11.5. The summed E-state index contributed by atoms with van der Waals surface area (Å²) in [5.41, 5.74) is 8.48. The van der Waals surface area contributed by atoms with E-state index in [1.54, 1.807) is 31.8 Å². The minimum absolute atomic E-state index is 0.677. The van der Waals surface area contributed by atoms with Crippen LogP contribution >= 0.6 is 0 Å². The number of hydrogen-bond donors (Lipinski definition) is 1. The molecule has 0 saturated carbocycles. The highest BCUT2D eigenvalue weighted by atomic mass is 16.5. The molecular weight excluding hydrogens is 238 g/mol. The number of nitrogen functional groups attached to an aromatic ring is 1. The molecule has 0 saturated heterocycles. The van der Waals surface area contributed by atoms with E-state index >= 15 is 0 Å². The van der Waals surface area contributed by atoms with Crippen molar-refractivity contribution in [3.05, 3.63) is 49.1 Å². The molecule has 0 atom stereocenters. The van der Waals surface area contributed by atoms with Crippen molar-refractivity contribution in [2.75, 3.05) is 12.8 Å². The molecule has 2 aromatic heterocycles. The summed E-state index contributed by atoms with van der Waals surface area (Å²) in [7, 11) is 1.65. The van der Waals surface area contributed by atoms with Gasteiger partial charge in [0.05, 0.1) is 7.11 Å². The molecule has 2 N–H and O–H groups in total. The van der Waals surface area contributed by atoms with E-state index < -0.39 is 0 Å². The third kappa shape index (κ3) is 1.97. The first-order valence-electron chi connectivity index (χ1n) is 5.91. The largest absolute Gasteiger partial charge is 0.496 e. The van der Waals surface area contributed by atoms with Gasteiger partial charge in [-0.1, -0.05) is 0 Å². The summed E-state index contributed by atoms with van der Waals surface area (Å²) in [5.74, 6) is 0.776. The van der Waals surface area contributed by atoms with Gasteiger partial charge in [-0.2, -0.15) is 0 Å². The van der Waals surface area contributed by atoms with E-state index in [9.17, 15) is 0 Å². The lowest BCUT2D eigenvalue weighted by Crippen LogP contribution is -1.94. The SMILES string of the molecule is COc1cc2ccncc2cc1-c1cnccc1N. The van der Waals surface area contributed by atoms with Crippen molar-refractivity contribution in [3.63, 3.8) is 0 Å². The van der Waals surface area contributed by atoms with Gasteiger partial charge in [0.1, 0.15) is 5.75 Å². The van der Waals surface area contributed by atoms with E-state index in [4.69, 9.17) is 10.5 Å². The minimum Gasteiger partial charge on any atom is -0.496 e. The third-order valence-electron chi connectivity index (χ3n) is 3.10. The number of nitrogens with zero attached hydrogens (tertiary/aromatic N) is 2. The van der Waals surface area contributed by atoms with E-state index in [1.165, 1.54) is 0 Å². The van der Waals surface area contributed by atoms with Crippen LogP contribution < -0.4 is 10.5 Å². The second-order valence-electron chi connectivity index (χ2n) is 4.24. The normalized spacial score (nSPS) is 10.6. The van der Waals surface area contributed by atoms with Crippen molar-refractivity contribution in [1.82, 2.24) is 9.97 Å². The fraction of sp³-hybridized carbons (Fsp3) is 0.0667. The first-order chi connectivity index (χ1) is 9.29. The summed E-state index contributed by atoms with van der Waals surface area (Å²) in [6.45, 7) is 0. The van der Waals surface area contributed by atoms with Crippen LogP contribution in [-0.2, 0) is 0 Å². The molecule has 4 nitrogen and oxygen atoms in total. The smallest absolute Gasteiger partial charge is 0.127 e. The van der Waals surface area contributed by atoms with Crippen LogP contribution in [-0.4, -0.2) is 17.1 Å². The van der Waals surface area contributed by atoms with E-state index in [1.807, 2.05) is 24.4 Å². The molecule has 0 aliphatic rings. The van der Waals surface area contributed by atoms with Crippen LogP contribution in [0.5, 0.6) is 5.75 Å². The average Bonchev–Trinajstić information content (AvgIpc) is 2.46. The molecule has 3 aromatic rings. The van der Waals surface area contributed by atoms with Crippen molar-refractivity contribution >= 4 is 16.5 Å². The Balaban J connectivity index is 2.31. The van der Waals surface area contributed by atoms with Gasteiger partial charge in [0.25, 0.3) is 0 Å². The number of pyridine rings is 2. The highest BCUT2D eigenvalue weighted by Gasteiger charge is 2.10. The van der Waals surface area contributed by atoms with Crippen molar-refractivity contribution in [2.45, 2.75) is 0 Å². The standard InChI is InChI=1S/C15H13N3O/c1-19-15-7-10-2-4-17-8-11(10)6-12(15)13-9-18-5-3-14(13)16/h2-9H,1H3,(H2,16,18). The molecule has 3 rings (SSSR count). The van der Waals surface area contributed by atoms with Crippen LogP contribution in [0, 0.1) is 0 Å². The maximum Gasteiger partial charge on any atom is 0.127 e. The quantitative estimate of drug-likeness (QED) is 0.760. The molecule has 1 aromatic carbocycles.